The van der Waals surface area contributed by atoms with Crippen LogP contribution < -0.4 is 10.6 Å². The van der Waals surface area contributed by atoms with Crippen LogP contribution in [0.4, 0.5) is 0 Å². The summed E-state index contributed by atoms with van der Waals surface area (Å²) in [6.07, 6.45) is 0.399. The molecule has 2 rings (SSSR count). The SMILES string of the molecule is CC(=O)NC(Cc1ccccc1Cl)C(=O)N1CCN[C@@H](C)C1. The van der Waals surface area contributed by atoms with Gasteiger partial charge in [-0.15, -0.1) is 0 Å². The lowest BCUT2D eigenvalue weighted by Crippen LogP contribution is -2.57. The first-order valence-corrected chi connectivity index (χ1v) is 7.88. The van der Waals surface area contributed by atoms with Gasteiger partial charge in [0.25, 0.3) is 0 Å². The summed E-state index contributed by atoms with van der Waals surface area (Å²) in [5, 5.41) is 6.67. The molecule has 5 nitrogen and oxygen atoms in total. The Kier molecular flexibility index (Phi) is 5.80. The van der Waals surface area contributed by atoms with E-state index in [1.807, 2.05) is 25.1 Å². The van der Waals surface area contributed by atoms with E-state index in [4.69, 9.17) is 11.6 Å². The maximum atomic E-state index is 12.7. The Bertz CT molecular complexity index is 550. The van der Waals surface area contributed by atoms with E-state index in [-0.39, 0.29) is 17.9 Å². The van der Waals surface area contributed by atoms with E-state index < -0.39 is 6.04 Å². The summed E-state index contributed by atoms with van der Waals surface area (Å²) >= 11 is 6.17. The molecule has 1 saturated heterocycles. The van der Waals surface area contributed by atoms with E-state index in [0.717, 1.165) is 12.1 Å². The van der Waals surface area contributed by atoms with Crippen LogP contribution in [0.25, 0.3) is 0 Å². The largest absolute Gasteiger partial charge is 0.344 e. The molecule has 0 aromatic heterocycles. The van der Waals surface area contributed by atoms with Gasteiger partial charge < -0.3 is 15.5 Å². The zero-order chi connectivity index (χ0) is 16.1. The highest BCUT2D eigenvalue weighted by Crippen LogP contribution is 2.17. The Morgan fingerprint density at radius 3 is 2.82 bits per heavy atom. The first-order valence-electron chi connectivity index (χ1n) is 7.50. The molecule has 0 radical (unpaired) electrons. The highest BCUT2D eigenvalue weighted by molar-refractivity contribution is 6.31. The van der Waals surface area contributed by atoms with Crippen LogP contribution in [-0.2, 0) is 16.0 Å². The van der Waals surface area contributed by atoms with Gasteiger partial charge in [0.05, 0.1) is 0 Å². The molecular formula is C16H22ClN3O2. The Balaban J connectivity index is 2.13. The van der Waals surface area contributed by atoms with Gasteiger partial charge >= 0.3 is 0 Å². The molecular weight excluding hydrogens is 302 g/mol. The van der Waals surface area contributed by atoms with Crippen LogP contribution in [0.1, 0.15) is 19.4 Å². The van der Waals surface area contributed by atoms with Gasteiger partial charge in [0.15, 0.2) is 0 Å². The third kappa shape index (κ3) is 4.45. The number of amides is 2. The fraction of sp³-hybridized carbons (Fsp3) is 0.500. The number of carbonyl (C=O) groups excluding carboxylic acids is 2. The molecule has 0 spiro atoms. The standard InChI is InChI=1S/C16H22ClN3O2/c1-11-10-20(8-7-18-11)16(22)15(19-12(2)21)9-13-5-3-4-6-14(13)17/h3-6,11,15,18H,7-10H2,1-2H3,(H,19,21)/t11-,15?/m0/s1. The second kappa shape index (κ2) is 7.61. The number of hydrogen-bond acceptors (Lipinski definition) is 3. The average Bonchev–Trinajstić information content (AvgIpc) is 2.47. The molecule has 120 valence electrons. The predicted octanol–water partition coefficient (Wildman–Crippen LogP) is 1.21. The van der Waals surface area contributed by atoms with Crippen LogP contribution >= 0.6 is 11.6 Å². The molecule has 0 aliphatic carbocycles. The molecule has 2 N–H and O–H groups in total. The van der Waals surface area contributed by atoms with Gasteiger partial charge in [0.2, 0.25) is 11.8 Å². The average molecular weight is 324 g/mol. The van der Waals surface area contributed by atoms with Crippen LogP contribution in [0, 0.1) is 0 Å². The van der Waals surface area contributed by atoms with E-state index in [2.05, 4.69) is 10.6 Å². The predicted molar refractivity (Wildman–Crippen MR) is 86.8 cm³/mol. The van der Waals surface area contributed by atoms with Crippen molar-refractivity contribution in [3.05, 3.63) is 34.9 Å². The lowest BCUT2D eigenvalue weighted by molar-refractivity contribution is -0.137. The fourth-order valence-corrected chi connectivity index (χ4v) is 2.90. The Labute approximate surface area is 136 Å². The van der Waals surface area contributed by atoms with Crippen molar-refractivity contribution < 1.29 is 9.59 Å². The molecule has 1 fully saturated rings. The number of piperazine rings is 1. The zero-order valence-electron chi connectivity index (χ0n) is 12.9. The number of nitrogens with zero attached hydrogens (tertiary/aromatic N) is 1. The van der Waals surface area contributed by atoms with E-state index in [1.54, 1.807) is 11.0 Å². The first kappa shape index (κ1) is 16.8. The summed E-state index contributed by atoms with van der Waals surface area (Å²) < 4.78 is 0. The summed E-state index contributed by atoms with van der Waals surface area (Å²) in [6, 6.07) is 7.07. The highest BCUT2D eigenvalue weighted by atomic mass is 35.5. The number of nitrogens with one attached hydrogen (secondary N) is 2. The van der Waals surface area contributed by atoms with Gasteiger partial charge in [-0.05, 0) is 18.6 Å². The maximum absolute atomic E-state index is 12.7. The minimum absolute atomic E-state index is 0.0523. The number of benzene rings is 1. The summed E-state index contributed by atoms with van der Waals surface area (Å²) in [5.41, 5.74) is 0.861. The molecule has 1 aromatic carbocycles. The minimum Gasteiger partial charge on any atom is -0.344 e. The number of rotatable bonds is 4. The van der Waals surface area contributed by atoms with Gasteiger partial charge in [-0.2, -0.15) is 0 Å². The van der Waals surface area contributed by atoms with Crippen LogP contribution in [-0.4, -0.2) is 48.4 Å². The number of hydrogen-bond donors (Lipinski definition) is 2. The molecule has 2 atom stereocenters. The van der Waals surface area contributed by atoms with Crippen LogP contribution in [0.3, 0.4) is 0 Å². The maximum Gasteiger partial charge on any atom is 0.245 e. The number of halogens is 1. The summed E-state index contributed by atoms with van der Waals surface area (Å²) in [6.45, 7) is 5.54. The lowest BCUT2D eigenvalue weighted by atomic mass is 10.0. The van der Waals surface area contributed by atoms with Crippen LogP contribution in [0.2, 0.25) is 5.02 Å². The summed E-state index contributed by atoms with van der Waals surface area (Å²) in [4.78, 5) is 26.0. The fourth-order valence-electron chi connectivity index (χ4n) is 2.68. The first-order chi connectivity index (χ1) is 10.5. The third-order valence-corrected chi connectivity index (χ3v) is 4.11. The molecule has 1 aliphatic rings. The zero-order valence-corrected chi connectivity index (χ0v) is 13.7. The number of carbonyl (C=O) groups is 2. The van der Waals surface area contributed by atoms with Gasteiger partial charge in [-0.25, -0.2) is 0 Å². The van der Waals surface area contributed by atoms with E-state index >= 15 is 0 Å². The molecule has 22 heavy (non-hydrogen) atoms. The molecule has 1 aromatic rings. The van der Waals surface area contributed by atoms with Crippen LogP contribution in [0.5, 0.6) is 0 Å². The van der Waals surface area contributed by atoms with Crippen molar-refractivity contribution >= 4 is 23.4 Å². The molecule has 2 amide bonds. The lowest BCUT2D eigenvalue weighted by Gasteiger charge is -2.34. The van der Waals surface area contributed by atoms with Crippen molar-refractivity contribution in [1.82, 2.24) is 15.5 Å². The van der Waals surface area contributed by atoms with Crippen molar-refractivity contribution in [3.8, 4) is 0 Å². The van der Waals surface area contributed by atoms with Gasteiger partial charge in [-0.3, -0.25) is 9.59 Å². The van der Waals surface area contributed by atoms with E-state index in [0.29, 0.717) is 24.5 Å². The van der Waals surface area contributed by atoms with Gasteiger partial charge in [0.1, 0.15) is 6.04 Å². The van der Waals surface area contributed by atoms with Crippen molar-refractivity contribution in [3.63, 3.8) is 0 Å². The Morgan fingerprint density at radius 2 is 2.18 bits per heavy atom. The van der Waals surface area contributed by atoms with Crippen molar-refractivity contribution in [2.24, 2.45) is 0 Å². The Morgan fingerprint density at radius 1 is 1.45 bits per heavy atom. The van der Waals surface area contributed by atoms with E-state index in [1.165, 1.54) is 6.92 Å². The normalized spacial score (nSPS) is 19.6. The quantitative estimate of drug-likeness (QED) is 0.875. The van der Waals surface area contributed by atoms with E-state index in [9.17, 15) is 9.59 Å². The Hall–Kier alpha value is -1.59. The molecule has 0 bridgehead atoms. The van der Waals surface area contributed by atoms with Gasteiger partial charge in [0, 0.05) is 44.0 Å². The summed E-state index contributed by atoms with van der Waals surface area (Å²) in [7, 11) is 0. The van der Waals surface area contributed by atoms with Crippen molar-refractivity contribution in [2.45, 2.75) is 32.4 Å². The molecule has 1 aliphatic heterocycles. The molecule has 1 heterocycles. The highest BCUT2D eigenvalue weighted by Gasteiger charge is 2.28. The molecule has 6 heteroatoms. The van der Waals surface area contributed by atoms with Crippen LogP contribution in [0.15, 0.2) is 24.3 Å². The third-order valence-electron chi connectivity index (χ3n) is 3.74. The van der Waals surface area contributed by atoms with Crippen molar-refractivity contribution in [2.75, 3.05) is 19.6 Å². The summed E-state index contributed by atoms with van der Waals surface area (Å²) in [5.74, 6) is -0.267. The van der Waals surface area contributed by atoms with Gasteiger partial charge in [-0.1, -0.05) is 29.8 Å². The smallest absolute Gasteiger partial charge is 0.245 e. The molecule has 0 saturated carbocycles. The second-order valence-corrected chi connectivity index (χ2v) is 6.10. The topological polar surface area (TPSA) is 61.4 Å². The molecule has 1 unspecified atom stereocenters. The monoisotopic (exact) mass is 323 g/mol. The minimum atomic E-state index is -0.581. The second-order valence-electron chi connectivity index (χ2n) is 5.69. The van der Waals surface area contributed by atoms with Crippen molar-refractivity contribution in [1.29, 1.82) is 0 Å².